The van der Waals surface area contributed by atoms with Crippen molar-refractivity contribution in [2.45, 2.75) is 43.9 Å². The van der Waals surface area contributed by atoms with Crippen molar-refractivity contribution in [1.29, 1.82) is 0 Å². The van der Waals surface area contributed by atoms with Crippen LogP contribution in [0.1, 0.15) is 37.3 Å². The maximum atomic E-state index is 13.7. The smallest absolute Gasteiger partial charge is 0.262 e. The Labute approximate surface area is 232 Å². The SMILES string of the molecule is CN1C(=O)CC[C@H](C(=O)N2CCC(O)(Cn3cnc4c(ccn4-c4ccccc4)c3=O)CC2)[C@H]1c1ccccc1. The summed E-state index contributed by atoms with van der Waals surface area (Å²) in [7, 11) is 1.77. The van der Waals surface area contributed by atoms with Gasteiger partial charge < -0.3 is 19.5 Å². The summed E-state index contributed by atoms with van der Waals surface area (Å²) < 4.78 is 3.35. The lowest BCUT2D eigenvalue weighted by molar-refractivity contribution is -0.149. The monoisotopic (exact) mass is 539 g/mol. The topological polar surface area (TPSA) is 101 Å². The first-order chi connectivity index (χ1) is 19.3. The quantitative estimate of drug-likeness (QED) is 0.420. The number of likely N-dealkylation sites (tertiary alicyclic amines) is 2. The van der Waals surface area contributed by atoms with E-state index in [0.29, 0.717) is 49.8 Å². The van der Waals surface area contributed by atoms with E-state index in [0.717, 1.165) is 11.3 Å². The number of carbonyl (C=O) groups excluding carboxylic acids is 2. The van der Waals surface area contributed by atoms with E-state index in [1.807, 2.05) is 76.3 Å². The van der Waals surface area contributed by atoms with Gasteiger partial charge in [0.15, 0.2) is 5.65 Å². The van der Waals surface area contributed by atoms with E-state index < -0.39 is 5.60 Å². The molecular weight excluding hydrogens is 506 g/mol. The molecule has 2 aromatic carbocycles. The lowest BCUT2D eigenvalue weighted by atomic mass is 9.82. The summed E-state index contributed by atoms with van der Waals surface area (Å²) in [4.78, 5) is 47.6. The van der Waals surface area contributed by atoms with E-state index in [-0.39, 0.29) is 35.9 Å². The molecule has 40 heavy (non-hydrogen) atoms. The lowest BCUT2D eigenvalue weighted by Crippen LogP contribution is -2.53. The molecule has 9 heteroatoms. The van der Waals surface area contributed by atoms with Crippen LogP contribution in [-0.2, 0) is 16.1 Å². The molecule has 2 aliphatic heterocycles. The van der Waals surface area contributed by atoms with E-state index in [4.69, 9.17) is 0 Å². The number of hydrogen-bond donors (Lipinski definition) is 1. The summed E-state index contributed by atoms with van der Waals surface area (Å²) in [5, 5.41) is 11.9. The molecule has 2 aliphatic rings. The highest BCUT2D eigenvalue weighted by atomic mass is 16.3. The van der Waals surface area contributed by atoms with Crippen molar-refractivity contribution in [3.63, 3.8) is 0 Å². The van der Waals surface area contributed by atoms with Gasteiger partial charge in [0, 0.05) is 38.4 Å². The van der Waals surface area contributed by atoms with Gasteiger partial charge in [0.05, 0.1) is 29.5 Å². The second-order valence-electron chi connectivity index (χ2n) is 11.0. The van der Waals surface area contributed by atoms with Crippen LogP contribution in [0.4, 0.5) is 0 Å². The van der Waals surface area contributed by atoms with Crippen molar-refractivity contribution in [1.82, 2.24) is 23.9 Å². The molecule has 206 valence electrons. The van der Waals surface area contributed by atoms with Crippen LogP contribution in [-0.4, -0.2) is 66.6 Å². The van der Waals surface area contributed by atoms with Crippen LogP contribution in [0, 0.1) is 5.92 Å². The molecule has 1 N–H and O–H groups in total. The van der Waals surface area contributed by atoms with Crippen LogP contribution in [0.3, 0.4) is 0 Å². The average Bonchev–Trinajstić information content (AvgIpc) is 3.42. The van der Waals surface area contributed by atoms with E-state index in [2.05, 4.69) is 4.98 Å². The third-order valence-corrected chi connectivity index (χ3v) is 8.49. The first-order valence-corrected chi connectivity index (χ1v) is 13.8. The fourth-order valence-corrected chi connectivity index (χ4v) is 6.22. The summed E-state index contributed by atoms with van der Waals surface area (Å²) >= 11 is 0. The molecule has 0 radical (unpaired) electrons. The van der Waals surface area contributed by atoms with Crippen molar-refractivity contribution in [2.75, 3.05) is 20.1 Å². The highest BCUT2D eigenvalue weighted by Gasteiger charge is 2.43. The van der Waals surface area contributed by atoms with E-state index in [1.54, 1.807) is 18.0 Å². The minimum Gasteiger partial charge on any atom is -0.388 e. The van der Waals surface area contributed by atoms with Crippen LogP contribution < -0.4 is 5.56 Å². The van der Waals surface area contributed by atoms with Gasteiger partial charge in [-0.1, -0.05) is 48.5 Å². The molecule has 2 atom stereocenters. The zero-order chi connectivity index (χ0) is 27.9. The average molecular weight is 540 g/mol. The predicted molar refractivity (Wildman–Crippen MR) is 151 cm³/mol. The van der Waals surface area contributed by atoms with Gasteiger partial charge in [-0.15, -0.1) is 0 Å². The Bertz CT molecular complexity index is 1590. The number of nitrogens with zero attached hydrogens (tertiary/aromatic N) is 5. The van der Waals surface area contributed by atoms with Gasteiger partial charge >= 0.3 is 0 Å². The van der Waals surface area contributed by atoms with Gasteiger partial charge in [-0.2, -0.15) is 0 Å². The van der Waals surface area contributed by atoms with Crippen LogP contribution in [0.2, 0.25) is 0 Å². The summed E-state index contributed by atoms with van der Waals surface area (Å²) in [5.74, 6) is -0.280. The number of rotatable bonds is 5. The third-order valence-electron chi connectivity index (χ3n) is 8.49. The molecule has 0 unspecified atom stereocenters. The van der Waals surface area contributed by atoms with Crippen molar-refractivity contribution in [2.24, 2.45) is 5.92 Å². The number of carbonyl (C=O) groups is 2. The second-order valence-corrected chi connectivity index (χ2v) is 11.0. The maximum Gasteiger partial charge on any atom is 0.262 e. The fourth-order valence-electron chi connectivity index (χ4n) is 6.22. The fraction of sp³-hybridized carbons (Fsp3) is 0.355. The summed E-state index contributed by atoms with van der Waals surface area (Å²) in [5.41, 5.74) is 1.11. The van der Waals surface area contributed by atoms with Crippen LogP contribution in [0.15, 0.2) is 84.0 Å². The van der Waals surface area contributed by atoms with Crippen LogP contribution in [0.5, 0.6) is 0 Å². The molecule has 2 saturated heterocycles. The molecule has 0 bridgehead atoms. The second kappa shape index (κ2) is 10.4. The Morgan fingerprint density at radius 3 is 2.38 bits per heavy atom. The highest BCUT2D eigenvalue weighted by Crippen LogP contribution is 2.38. The molecule has 4 heterocycles. The first-order valence-electron chi connectivity index (χ1n) is 13.8. The van der Waals surface area contributed by atoms with Crippen LogP contribution >= 0.6 is 0 Å². The number of benzene rings is 2. The minimum absolute atomic E-state index is 0.0118. The Balaban J connectivity index is 1.16. The summed E-state index contributed by atoms with van der Waals surface area (Å²) in [6, 6.07) is 20.9. The molecular formula is C31H33N5O4. The Kier molecular flexibility index (Phi) is 6.75. The number of fused-ring (bicyclic) bond motifs is 1. The number of amides is 2. The van der Waals surface area contributed by atoms with Gasteiger partial charge in [0.2, 0.25) is 11.8 Å². The predicted octanol–water partition coefficient (Wildman–Crippen LogP) is 3.15. The standard InChI is InChI=1S/C31H33N5O4/c1-33-26(37)13-12-24(27(33)22-8-4-2-5-9-22)29(38)34-18-15-31(40,16-19-34)20-35-21-32-28-25(30(35)39)14-17-36(28)23-10-6-3-7-11-23/h2-11,14,17,21,24,27,40H,12-13,15-16,18-20H2,1H3/t24-,27+/m0/s1. The third kappa shape index (κ3) is 4.70. The van der Waals surface area contributed by atoms with Gasteiger partial charge in [0.1, 0.15) is 6.33 Å². The maximum absolute atomic E-state index is 13.7. The van der Waals surface area contributed by atoms with E-state index >= 15 is 0 Å². The molecule has 4 aromatic rings. The zero-order valence-electron chi connectivity index (χ0n) is 22.5. The number of para-hydroxylation sites is 1. The summed E-state index contributed by atoms with van der Waals surface area (Å²) in [6.07, 6.45) is 4.89. The number of aromatic nitrogens is 3. The van der Waals surface area contributed by atoms with Gasteiger partial charge in [-0.05, 0) is 43.0 Å². The van der Waals surface area contributed by atoms with Gasteiger partial charge in [-0.25, -0.2) is 4.98 Å². The molecule has 6 rings (SSSR count). The zero-order valence-corrected chi connectivity index (χ0v) is 22.5. The molecule has 2 aromatic heterocycles. The molecule has 2 amide bonds. The van der Waals surface area contributed by atoms with E-state index in [1.165, 1.54) is 10.9 Å². The van der Waals surface area contributed by atoms with E-state index in [9.17, 15) is 19.5 Å². The van der Waals surface area contributed by atoms with Gasteiger partial charge in [-0.3, -0.25) is 19.0 Å². The lowest BCUT2D eigenvalue weighted by Gasteiger charge is -2.43. The molecule has 0 saturated carbocycles. The van der Waals surface area contributed by atoms with Crippen molar-refractivity contribution in [3.8, 4) is 5.69 Å². The number of aliphatic hydroxyl groups is 1. The van der Waals surface area contributed by atoms with Crippen molar-refractivity contribution < 1.29 is 14.7 Å². The summed E-state index contributed by atoms with van der Waals surface area (Å²) in [6.45, 7) is 0.889. The molecule has 9 nitrogen and oxygen atoms in total. The molecule has 0 spiro atoms. The minimum atomic E-state index is -1.13. The van der Waals surface area contributed by atoms with Crippen molar-refractivity contribution >= 4 is 22.8 Å². The molecule has 2 fully saturated rings. The largest absolute Gasteiger partial charge is 0.388 e. The number of hydrogen-bond acceptors (Lipinski definition) is 5. The van der Waals surface area contributed by atoms with Gasteiger partial charge in [0.25, 0.3) is 5.56 Å². The number of piperidine rings is 2. The first kappa shape index (κ1) is 26.0. The normalized spacial score (nSPS) is 21.1. The van der Waals surface area contributed by atoms with Crippen molar-refractivity contribution in [3.05, 3.63) is 95.2 Å². The Hall–Kier alpha value is -4.24. The Morgan fingerprint density at radius 1 is 1.00 bits per heavy atom. The Morgan fingerprint density at radius 2 is 1.68 bits per heavy atom. The molecule has 0 aliphatic carbocycles. The highest BCUT2D eigenvalue weighted by molar-refractivity contribution is 5.85. The van der Waals surface area contributed by atoms with Crippen LogP contribution in [0.25, 0.3) is 16.7 Å².